The molecule has 3 rings (SSSR count). The first kappa shape index (κ1) is 27.1. The average molecular weight is 504 g/mol. The number of aliphatic carboxylic acids is 1. The number of aliphatic hydroxyl groups excluding tert-OH is 1. The van der Waals surface area contributed by atoms with Gasteiger partial charge in [-0.1, -0.05) is 24.0 Å². The van der Waals surface area contributed by atoms with E-state index in [2.05, 4.69) is 16.7 Å². The summed E-state index contributed by atoms with van der Waals surface area (Å²) in [5, 5.41) is 18.4. The fourth-order valence-corrected chi connectivity index (χ4v) is 3.64. The Labute approximate surface area is 207 Å². The van der Waals surface area contributed by atoms with Crippen LogP contribution in [-0.4, -0.2) is 60.0 Å². The quantitative estimate of drug-likeness (QED) is 0.520. The lowest BCUT2D eigenvalue weighted by molar-refractivity contribution is -0.139. The van der Waals surface area contributed by atoms with E-state index < -0.39 is 24.3 Å². The van der Waals surface area contributed by atoms with E-state index in [9.17, 15) is 23.1 Å². The second kappa shape index (κ2) is 12.5. The highest BCUT2D eigenvalue weighted by Crippen LogP contribution is 2.30. The van der Waals surface area contributed by atoms with Crippen LogP contribution in [0.15, 0.2) is 48.5 Å². The average Bonchev–Trinajstić information content (AvgIpc) is 2.83. The van der Waals surface area contributed by atoms with Crippen molar-refractivity contribution in [1.82, 2.24) is 4.90 Å². The lowest BCUT2D eigenvalue weighted by atomic mass is 10.0. The number of carboxylic acid groups (broad SMARTS) is 1. The number of benzene rings is 2. The summed E-state index contributed by atoms with van der Waals surface area (Å²) < 4.78 is 49.9. The van der Waals surface area contributed by atoms with E-state index in [0.29, 0.717) is 47.6 Å². The van der Waals surface area contributed by atoms with E-state index in [1.165, 1.54) is 12.1 Å². The van der Waals surface area contributed by atoms with Crippen LogP contribution in [0, 0.1) is 18.8 Å². The number of likely N-dealkylation sites (tertiary alicyclic amines) is 1. The van der Waals surface area contributed by atoms with Gasteiger partial charge in [0.15, 0.2) is 6.61 Å². The molecule has 0 aliphatic carbocycles. The molecule has 0 saturated carbocycles. The molecule has 0 spiro atoms. The SMILES string of the molecule is Cc1cc(OC/C=C(/C#CCN2CCC(O)CC2)c2ccc(C(F)(F)F)cc2)ccc1OCC(=O)O. The second-order valence-corrected chi connectivity index (χ2v) is 8.42. The lowest BCUT2D eigenvalue weighted by Crippen LogP contribution is -2.35. The van der Waals surface area contributed by atoms with Crippen LogP contribution in [0.1, 0.15) is 29.5 Å². The molecule has 1 aliphatic heterocycles. The maximum Gasteiger partial charge on any atom is 0.416 e. The number of aryl methyl sites for hydroxylation is 1. The van der Waals surface area contributed by atoms with Crippen molar-refractivity contribution in [2.24, 2.45) is 0 Å². The summed E-state index contributed by atoms with van der Waals surface area (Å²) >= 11 is 0. The largest absolute Gasteiger partial charge is 0.489 e. The van der Waals surface area contributed by atoms with E-state index in [0.717, 1.165) is 25.2 Å². The number of allylic oxidation sites excluding steroid dienone is 1. The number of carboxylic acids is 1. The van der Waals surface area contributed by atoms with Crippen LogP contribution >= 0.6 is 0 Å². The van der Waals surface area contributed by atoms with Gasteiger partial charge in [-0.2, -0.15) is 13.2 Å². The maximum absolute atomic E-state index is 13.0. The van der Waals surface area contributed by atoms with Gasteiger partial charge in [0.1, 0.15) is 18.1 Å². The zero-order valence-corrected chi connectivity index (χ0v) is 19.8. The molecule has 0 unspecified atom stereocenters. The fraction of sp³-hybridized carbons (Fsp3) is 0.370. The minimum absolute atomic E-state index is 0.121. The van der Waals surface area contributed by atoms with Gasteiger partial charge in [-0.25, -0.2) is 4.79 Å². The topological polar surface area (TPSA) is 79.2 Å². The second-order valence-electron chi connectivity index (χ2n) is 8.42. The number of halogens is 3. The summed E-state index contributed by atoms with van der Waals surface area (Å²) in [6, 6.07) is 9.79. The molecule has 0 radical (unpaired) electrons. The molecule has 9 heteroatoms. The van der Waals surface area contributed by atoms with Gasteiger partial charge < -0.3 is 19.7 Å². The first-order valence-electron chi connectivity index (χ1n) is 11.5. The molecule has 1 fully saturated rings. The van der Waals surface area contributed by atoms with Crippen LogP contribution in [0.4, 0.5) is 13.2 Å². The van der Waals surface area contributed by atoms with E-state index in [4.69, 9.17) is 14.6 Å². The predicted molar refractivity (Wildman–Crippen MR) is 129 cm³/mol. The Kier molecular flexibility index (Phi) is 9.39. The van der Waals surface area contributed by atoms with Crippen LogP contribution in [0.2, 0.25) is 0 Å². The number of carbonyl (C=O) groups is 1. The Morgan fingerprint density at radius 2 is 1.83 bits per heavy atom. The Morgan fingerprint density at radius 1 is 1.14 bits per heavy atom. The molecule has 6 nitrogen and oxygen atoms in total. The van der Waals surface area contributed by atoms with Gasteiger partial charge >= 0.3 is 12.1 Å². The summed E-state index contributed by atoms with van der Waals surface area (Å²) in [7, 11) is 0. The number of ether oxygens (including phenoxy) is 2. The normalized spacial score (nSPS) is 15.2. The molecule has 2 aromatic carbocycles. The number of alkyl halides is 3. The van der Waals surface area contributed by atoms with E-state index in [-0.39, 0.29) is 12.7 Å². The molecule has 0 bridgehead atoms. The molecule has 0 aromatic heterocycles. The third-order valence-corrected chi connectivity index (χ3v) is 5.64. The number of piperidine rings is 1. The Bertz CT molecular complexity index is 1120. The predicted octanol–water partition coefficient (Wildman–Crippen LogP) is 4.40. The molecule has 2 N–H and O–H groups in total. The van der Waals surface area contributed by atoms with Gasteiger partial charge in [-0.3, -0.25) is 4.90 Å². The molecular formula is C27H28F3NO5. The van der Waals surface area contributed by atoms with Gasteiger partial charge in [0, 0.05) is 18.7 Å². The molecule has 1 heterocycles. The van der Waals surface area contributed by atoms with Crippen LogP contribution < -0.4 is 9.47 Å². The third kappa shape index (κ3) is 8.33. The molecule has 1 saturated heterocycles. The van der Waals surface area contributed by atoms with E-state index >= 15 is 0 Å². The Morgan fingerprint density at radius 3 is 2.44 bits per heavy atom. The summed E-state index contributed by atoms with van der Waals surface area (Å²) in [6.07, 6.45) is -1.61. The van der Waals surface area contributed by atoms with Crippen molar-refractivity contribution in [2.75, 3.05) is 32.8 Å². The molecule has 1 aliphatic rings. The highest BCUT2D eigenvalue weighted by Gasteiger charge is 2.30. The monoisotopic (exact) mass is 503 g/mol. The number of nitrogens with zero attached hydrogens (tertiary/aromatic N) is 1. The van der Waals surface area contributed by atoms with Crippen molar-refractivity contribution in [3.8, 4) is 23.3 Å². The van der Waals surface area contributed by atoms with Crippen molar-refractivity contribution in [3.63, 3.8) is 0 Å². The summed E-state index contributed by atoms with van der Waals surface area (Å²) in [4.78, 5) is 12.8. The number of rotatable bonds is 8. The minimum Gasteiger partial charge on any atom is -0.489 e. The van der Waals surface area contributed by atoms with Gasteiger partial charge in [-0.05, 0) is 67.3 Å². The molecule has 2 aromatic rings. The van der Waals surface area contributed by atoms with Gasteiger partial charge in [0.05, 0.1) is 18.2 Å². The molecular weight excluding hydrogens is 475 g/mol. The lowest BCUT2D eigenvalue weighted by Gasteiger charge is -2.27. The van der Waals surface area contributed by atoms with E-state index in [1.54, 1.807) is 31.2 Å². The van der Waals surface area contributed by atoms with Crippen molar-refractivity contribution in [2.45, 2.75) is 32.0 Å². The summed E-state index contributed by atoms with van der Waals surface area (Å²) in [5.74, 6) is 6.03. The zero-order chi connectivity index (χ0) is 26.1. The van der Waals surface area contributed by atoms with Gasteiger partial charge in [0.2, 0.25) is 0 Å². The number of hydrogen-bond donors (Lipinski definition) is 2. The van der Waals surface area contributed by atoms with Crippen molar-refractivity contribution >= 4 is 11.5 Å². The highest BCUT2D eigenvalue weighted by atomic mass is 19.4. The molecule has 36 heavy (non-hydrogen) atoms. The van der Waals surface area contributed by atoms with Gasteiger partial charge in [-0.15, -0.1) is 0 Å². The number of aliphatic hydroxyl groups is 1. The molecule has 0 atom stereocenters. The summed E-state index contributed by atoms with van der Waals surface area (Å²) in [6.45, 7) is 3.40. The molecule has 0 amide bonds. The van der Waals surface area contributed by atoms with E-state index in [1.807, 2.05) is 0 Å². The van der Waals surface area contributed by atoms with Crippen LogP contribution in [0.5, 0.6) is 11.5 Å². The minimum atomic E-state index is -4.42. The first-order valence-corrected chi connectivity index (χ1v) is 11.5. The first-order chi connectivity index (χ1) is 17.1. The smallest absolute Gasteiger partial charge is 0.416 e. The highest BCUT2D eigenvalue weighted by molar-refractivity contribution is 5.79. The number of hydrogen-bond acceptors (Lipinski definition) is 5. The standard InChI is InChI=1S/C27H28F3NO5/c1-19-17-24(8-9-25(19)36-18-26(33)34)35-16-12-20(3-2-13-31-14-10-23(32)11-15-31)21-4-6-22(7-5-21)27(28,29)30/h4-9,12,17,23,32H,10-11,13-16,18H2,1H3,(H,33,34)/b20-12-. The van der Waals surface area contributed by atoms with Crippen LogP contribution in [-0.2, 0) is 11.0 Å². The molecule has 192 valence electrons. The Balaban J connectivity index is 1.72. The van der Waals surface area contributed by atoms with Gasteiger partial charge in [0.25, 0.3) is 0 Å². The third-order valence-electron chi connectivity index (χ3n) is 5.64. The van der Waals surface area contributed by atoms with Crippen LogP contribution in [0.3, 0.4) is 0 Å². The van der Waals surface area contributed by atoms with Crippen molar-refractivity contribution in [1.29, 1.82) is 0 Å². The van der Waals surface area contributed by atoms with Crippen molar-refractivity contribution in [3.05, 3.63) is 65.2 Å². The fourth-order valence-electron chi connectivity index (χ4n) is 3.64. The van der Waals surface area contributed by atoms with Crippen molar-refractivity contribution < 1.29 is 37.7 Å². The zero-order valence-electron chi connectivity index (χ0n) is 19.8. The summed E-state index contributed by atoms with van der Waals surface area (Å²) in [5.41, 5.74) is 1.05. The Hall–Kier alpha value is -3.48. The maximum atomic E-state index is 13.0. The van der Waals surface area contributed by atoms with Crippen LogP contribution in [0.25, 0.3) is 5.57 Å².